The molecule has 0 aliphatic rings. The number of nitrogens with zero attached hydrogens (tertiary/aromatic N) is 2. The first-order chi connectivity index (χ1) is 9.40. The number of benzene rings is 1. The molecule has 0 spiro atoms. The van der Waals surface area contributed by atoms with Crippen LogP contribution in [0.3, 0.4) is 0 Å². The second-order valence-corrected chi connectivity index (χ2v) is 6.29. The Morgan fingerprint density at radius 3 is 2.10 bits per heavy atom. The van der Waals surface area contributed by atoms with Crippen molar-refractivity contribution in [3.05, 3.63) is 35.4 Å². The summed E-state index contributed by atoms with van der Waals surface area (Å²) >= 11 is 0. The van der Waals surface area contributed by atoms with Crippen LogP contribution in [0.1, 0.15) is 37.8 Å². The molecule has 20 heavy (non-hydrogen) atoms. The predicted octanol–water partition coefficient (Wildman–Crippen LogP) is 2.06. The van der Waals surface area contributed by atoms with E-state index in [1.54, 1.807) is 38.1 Å². The summed E-state index contributed by atoms with van der Waals surface area (Å²) in [5.74, 6) is -0.206. The third kappa shape index (κ3) is 4.06. The van der Waals surface area contributed by atoms with Gasteiger partial charge in [0.2, 0.25) is 10.0 Å². The summed E-state index contributed by atoms with van der Waals surface area (Å²) in [4.78, 5) is 0. The maximum absolute atomic E-state index is 12.1. The molecule has 0 fully saturated rings. The highest BCUT2D eigenvalue weighted by molar-refractivity contribution is 7.88. The van der Waals surface area contributed by atoms with Gasteiger partial charge in [-0.05, 0) is 30.5 Å². The van der Waals surface area contributed by atoms with E-state index in [-0.39, 0.29) is 5.75 Å². The monoisotopic (exact) mass is 291 g/mol. The van der Waals surface area contributed by atoms with Crippen molar-refractivity contribution in [2.75, 3.05) is 0 Å². The fourth-order valence-electron chi connectivity index (χ4n) is 1.80. The second kappa shape index (κ2) is 6.51. The molecule has 0 unspecified atom stereocenters. The molecule has 0 amide bonds. The molecule has 0 aromatic heterocycles. The van der Waals surface area contributed by atoms with Crippen molar-refractivity contribution in [1.29, 1.82) is 10.5 Å². The third-order valence-electron chi connectivity index (χ3n) is 3.21. The maximum atomic E-state index is 12.1. The van der Waals surface area contributed by atoms with Crippen molar-refractivity contribution < 1.29 is 8.42 Å². The number of hydrogen-bond acceptors (Lipinski definition) is 4. The Hall–Kier alpha value is -1.89. The summed E-state index contributed by atoms with van der Waals surface area (Å²) in [5, 5.41) is 17.9. The van der Waals surface area contributed by atoms with E-state index in [9.17, 15) is 8.42 Å². The zero-order valence-electron chi connectivity index (χ0n) is 11.5. The van der Waals surface area contributed by atoms with Gasteiger partial charge in [0.15, 0.2) is 0 Å². The van der Waals surface area contributed by atoms with Gasteiger partial charge in [-0.15, -0.1) is 0 Å². The summed E-state index contributed by atoms with van der Waals surface area (Å²) in [6.45, 7) is 3.55. The van der Waals surface area contributed by atoms with E-state index in [4.69, 9.17) is 10.5 Å². The largest absolute Gasteiger partial charge is 0.217 e. The lowest BCUT2D eigenvalue weighted by molar-refractivity contribution is 0.446. The minimum Gasteiger partial charge on any atom is -0.212 e. The molecule has 6 heteroatoms. The molecule has 106 valence electrons. The van der Waals surface area contributed by atoms with Crippen LogP contribution in [0.15, 0.2) is 24.3 Å². The van der Waals surface area contributed by atoms with E-state index in [2.05, 4.69) is 4.72 Å². The number of hydrogen-bond donors (Lipinski definition) is 1. The lowest BCUT2D eigenvalue weighted by Gasteiger charge is -2.24. The van der Waals surface area contributed by atoms with E-state index in [1.807, 2.05) is 12.1 Å². The van der Waals surface area contributed by atoms with Crippen molar-refractivity contribution in [1.82, 2.24) is 4.72 Å². The third-order valence-corrected chi connectivity index (χ3v) is 4.63. The van der Waals surface area contributed by atoms with Gasteiger partial charge < -0.3 is 0 Å². The summed E-state index contributed by atoms with van der Waals surface area (Å²) in [6.07, 6.45) is 0.819. The van der Waals surface area contributed by atoms with Crippen molar-refractivity contribution in [3.63, 3.8) is 0 Å². The lowest BCUT2D eigenvalue weighted by atomic mass is 9.97. The number of sulfonamides is 1. The van der Waals surface area contributed by atoms with E-state index in [1.165, 1.54) is 0 Å². The van der Waals surface area contributed by atoms with Crippen LogP contribution in [0.4, 0.5) is 0 Å². The van der Waals surface area contributed by atoms with Gasteiger partial charge in [-0.3, -0.25) is 0 Å². The van der Waals surface area contributed by atoms with Gasteiger partial charge in [0.1, 0.15) is 5.54 Å². The first kappa shape index (κ1) is 16.2. The van der Waals surface area contributed by atoms with Crippen molar-refractivity contribution in [2.45, 2.75) is 38.0 Å². The Bertz CT molecular complexity index is 632. The molecule has 0 radical (unpaired) electrons. The summed E-state index contributed by atoms with van der Waals surface area (Å²) in [7, 11) is -3.60. The fourth-order valence-corrected chi connectivity index (χ4v) is 3.44. The van der Waals surface area contributed by atoms with Crippen molar-refractivity contribution >= 4 is 10.0 Å². The molecule has 0 saturated heterocycles. The van der Waals surface area contributed by atoms with Crippen molar-refractivity contribution in [2.24, 2.45) is 0 Å². The zero-order valence-corrected chi connectivity index (χ0v) is 12.4. The predicted molar refractivity (Wildman–Crippen MR) is 75.8 cm³/mol. The van der Waals surface area contributed by atoms with E-state index in [0.29, 0.717) is 24.0 Å². The Morgan fingerprint density at radius 2 is 1.70 bits per heavy atom. The van der Waals surface area contributed by atoms with Crippen LogP contribution in [0.25, 0.3) is 0 Å². The van der Waals surface area contributed by atoms with Crippen LogP contribution >= 0.6 is 0 Å². The molecule has 0 saturated carbocycles. The standard InChI is InChI=1S/C14H17N3O2S/c1-3-14(4-2,11-16)17-20(18,19)10-13-7-5-12(9-15)6-8-13/h5-8,17H,3-4,10H2,1-2H3. The average Bonchev–Trinajstić information content (AvgIpc) is 2.45. The molecular weight excluding hydrogens is 274 g/mol. The highest BCUT2D eigenvalue weighted by Gasteiger charge is 2.31. The molecule has 0 aliphatic heterocycles. The Kier molecular flexibility index (Phi) is 5.26. The molecule has 0 heterocycles. The van der Waals surface area contributed by atoms with Crippen LogP contribution < -0.4 is 4.72 Å². The van der Waals surface area contributed by atoms with E-state index in [0.717, 1.165) is 0 Å². The minimum absolute atomic E-state index is 0.206. The second-order valence-electron chi connectivity index (χ2n) is 4.57. The molecule has 5 nitrogen and oxygen atoms in total. The van der Waals surface area contributed by atoms with Gasteiger partial charge in [-0.25, -0.2) is 8.42 Å². The molecule has 0 atom stereocenters. The first-order valence-corrected chi connectivity index (χ1v) is 7.97. The van der Waals surface area contributed by atoms with Crippen LogP contribution in [0, 0.1) is 22.7 Å². The molecule has 1 N–H and O–H groups in total. The van der Waals surface area contributed by atoms with E-state index < -0.39 is 15.6 Å². The molecular formula is C14H17N3O2S. The summed E-state index contributed by atoms with van der Waals surface area (Å²) in [6, 6.07) is 10.4. The zero-order chi connectivity index (χ0) is 15.2. The van der Waals surface area contributed by atoms with E-state index >= 15 is 0 Å². The number of nitriles is 2. The van der Waals surface area contributed by atoms with Gasteiger partial charge >= 0.3 is 0 Å². The highest BCUT2D eigenvalue weighted by Crippen LogP contribution is 2.17. The Labute approximate surface area is 119 Å². The van der Waals surface area contributed by atoms with Crippen LogP contribution in [-0.2, 0) is 15.8 Å². The SMILES string of the molecule is CCC(C#N)(CC)NS(=O)(=O)Cc1ccc(C#N)cc1. The van der Waals surface area contributed by atoms with Gasteiger partial charge in [0.05, 0.1) is 23.5 Å². The van der Waals surface area contributed by atoms with Gasteiger partial charge in [-0.2, -0.15) is 15.2 Å². The molecule has 1 rings (SSSR count). The summed E-state index contributed by atoms with van der Waals surface area (Å²) < 4.78 is 26.7. The molecule has 0 aliphatic carbocycles. The maximum Gasteiger partial charge on any atom is 0.217 e. The minimum atomic E-state index is -3.60. The number of nitrogens with one attached hydrogen (secondary N) is 1. The first-order valence-electron chi connectivity index (χ1n) is 6.32. The van der Waals surface area contributed by atoms with Crippen LogP contribution in [0.5, 0.6) is 0 Å². The highest BCUT2D eigenvalue weighted by atomic mass is 32.2. The van der Waals surface area contributed by atoms with Gasteiger partial charge in [0.25, 0.3) is 0 Å². The number of rotatable bonds is 6. The van der Waals surface area contributed by atoms with Crippen LogP contribution in [-0.4, -0.2) is 14.0 Å². The van der Waals surface area contributed by atoms with Crippen LogP contribution in [0.2, 0.25) is 0 Å². The summed E-state index contributed by atoms with van der Waals surface area (Å²) in [5.41, 5.74) is 0.00829. The Morgan fingerprint density at radius 1 is 1.15 bits per heavy atom. The normalized spacial score (nSPS) is 11.6. The molecule has 0 bridgehead atoms. The molecule has 1 aromatic rings. The quantitative estimate of drug-likeness (QED) is 0.868. The average molecular weight is 291 g/mol. The lowest BCUT2D eigenvalue weighted by Crippen LogP contribution is -2.46. The Balaban J connectivity index is 2.90. The van der Waals surface area contributed by atoms with Gasteiger partial charge in [0, 0.05) is 0 Å². The van der Waals surface area contributed by atoms with Gasteiger partial charge in [-0.1, -0.05) is 26.0 Å². The van der Waals surface area contributed by atoms with Crippen molar-refractivity contribution in [3.8, 4) is 12.1 Å². The topological polar surface area (TPSA) is 93.8 Å². The fraction of sp³-hybridized carbons (Fsp3) is 0.429. The smallest absolute Gasteiger partial charge is 0.212 e. The molecule has 1 aromatic carbocycles.